The van der Waals surface area contributed by atoms with Crippen molar-refractivity contribution in [3.63, 3.8) is 0 Å². The summed E-state index contributed by atoms with van der Waals surface area (Å²) in [6.45, 7) is 3.68. The molecule has 2 aromatic rings. The fourth-order valence-corrected chi connectivity index (χ4v) is 5.06. The van der Waals surface area contributed by atoms with Crippen LogP contribution in [0.1, 0.15) is 43.7 Å². The van der Waals surface area contributed by atoms with E-state index in [4.69, 9.17) is 0 Å². The van der Waals surface area contributed by atoms with Crippen LogP contribution in [-0.4, -0.2) is 39.4 Å². The molecule has 1 aromatic carbocycles. The SMILES string of the molecule is CCCNC(=O)[C@]1(Cc2ccccc2)C[C@@H]2CC[C@H]1N2Cc1cncnc1. The van der Waals surface area contributed by atoms with Gasteiger partial charge in [0.2, 0.25) is 5.91 Å². The summed E-state index contributed by atoms with van der Waals surface area (Å²) in [7, 11) is 0. The Hall–Kier alpha value is -2.27. The smallest absolute Gasteiger partial charge is 0.228 e. The minimum absolute atomic E-state index is 0.231. The van der Waals surface area contributed by atoms with E-state index in [1.165, 1.54) is 12.0 Å². The molecular weight excluding hydrogens is 336 g/mol. The summed E-state index contributed by atoms with van der Waals surface area (Å²) in [5, 5.41) is 3.21. The van der Waals surface area contributed by atoms with Gasteiger partial charge in [0, 0.05) is 43.1 Å². The lowest BCUT2D eigenvalue weighted by molar-refractivity contribution is -0.133. The van der Waals surface area contributed by atoms with Gasteiger partial charge in [-0.15, -0.1) is 0 Å². The molecule has 2 saturated heterocycles. The first kappa shape index (κ1) is 18.1. The lowest BCUT2D eigenvalue weighted by Crippen LogP contribution is -2.50. The molecule has 0 spiro atoms. The standard InChI is InChI=1S/C22H28N4O/c1-2-10-25-21(27)22(11-17-6-4-3-5-7-17)12-19-8-9-20(22)26(19)15-18-13-23-16-24-14-18/h3-7,13-14,16,19-20H,2,8-12,15H2,1H3,(H,25,27)/t19-,20+,22+/m0/s1. The fraction of sp³-hybridized carbons (Fsp3) is 0.500. The Bertz CT molecular complexity index is 766. The molecule has 3 atom stereocenters. The number of carbonyl (C=O) groups is 1. The highest BCUT2D eigenvalue weighted by atomic mass is 16.2. The van der Waals surface area contributed by atoms with Crippen LogP contribution in [0.25, 0.3) is 0 Å². The van der Waals surface area contributed by atoms with E-state index in [2.05, 4.69) is 51.4 Å². The van der Waals surface area contributed by atoms with Crippen molar-refractivity contribution >= 4 is 5.91 Å². The quantitative estimate of drug-likeness (QED) is 0.821. The predicted octanol–water partition coefficient (Wildman–Crippen LogP) is 2.97. The van der Waals surface area contributed by atoms with Gasteiger partial charge in [0.1, 0.15) is 6.33 Å². The number of carbonyl (C=O) groups excluding carboxylic acids is 1. The summed E-state index contributed by atoms with van der Waals surface area (Å²) < 4.78 is 0. The zero-order valence-electron chi connectivity index (χ0n) is 16.0. The average molecular weight is 364 g/mol. The maximum Gasteiger partial charge on any atom is 0.228 e. The Kier molecular flexibility index (Phi) is 5.21. The molecule has 0 aliphatic carbocycles. The second kappa shape index (κ2) is 7.77. The van der Waals surface area contributed by atoms with E-state index < -0.39 is 0 Å². The third-order valence-corrected chi connectivity index (χ3v) is 6.21. The van der Waals surface area contributed by atoms with Crippen LogP contribution in [0.4, 0.5) is 0 Å². The number of nitrogens with zero attached hydrogens (tertiary/aromatic N) is 3. The van der Waals surface area contributed by atoms with E-state index >= 15 is 0 Å². The van der Waals surface area contributed by atoms with Crippen LogP contribution in [0.5, 0.6) is 0 Å². The summed E-state index contributed by atoms with van der Waals surface area (Å²) in [5.74, 6) is 0.231. The van der Waals surface area contributed by atoms with E-state index in [-0.39, 0.29) is 17.4 Å². The van der Waals surface area contributed by atoms with Crippen LogP contribution in [0.3, 0.4) is 0 Å². The molecule has 4 rings (SSSR count). The van der Waals surface area contributed by atoms with Crippen LogP contribution in [0.15, 0.2) is 49.1 Å². The second-order valence-corrected chi connectivity index (χ2v) is 7.94. The average Bonchev–Trinajstić information content (AvgIpc) is 3.22. The van der Waals surface area contributed by atoms with Crippen molar-refractivity contribution in [2.24, 2.45) is 5.41 Å². The summed E-state index contributed by atoms with van der Waals surface area (Å²) in [6.07, 6.45) is 10.3. The molecule has 2 bridgehead atoms. The molecule has 1 amide bonds. The van der Waals surface area contributed by atoms with Gasteiger partial charge in [-0.25, -0.2) is 9.97 Å². The van der Waals surface area contributed by atoms with Crippen LogP contribution < -0.4 is 5.32 Å². The third kappa shape index (κ3) is 3.48. The number of amides is 1. The lowest BCUT2D eigenvalue weighted by atomic mass is 9.69. The number of nitrogens with one attached hydrogen (secondary N) is 1. The van der Waals surface area contributed by atoms with Gasteiger partial charge in [-0.05, 0) is 37.7 Å². The van der Waals surface area contributed by atoms with Gasteiger partial charge in [-0.1, -0.05) is 37.3 Å². The van der Waals surface area contributed by atoms with Gasteiger partial charge in [-0.2, -0.15) is 0 Å². The summed E-state index contributed by atoms with van der Waals surface area (Å²) in [4.78, 5) is 24.2. The molecule has 0 radical (unpaired) electrons. The van der Waals surface area contributed by atoms with Crippen molar-refractivity contribution in [1.29, 1.82) is 0 Å². The summed E-state index contributed by atoms with van der Waals surface area (Å²) in [5.41, 5.74) is 2.04. The molecule has 3 heterocycles. The third-order valence-electron chi connectivity index (χ3n) is 6.21. The maximum atomic E-state index is 13.4. The van der Waals surface area contributed by atoms with Crippen molar-refractivity contribution in [2.75, 3.05) is 6.54 Å². The van der Waals surface area contributed by atoms with Gasteiger partial charge in [-0.3, -0.25) is 9.69 Å². The molecule has 2 aliphatic rings. The monoisotopic (exact) mass is 364 g/mol. The Morgan fingerprint density at radius 3 is 2.70 bits per heavy atom. The van der Waals surface area contributed by atoms with Gasteiger partial charge >= 0.3 is 0 Å². The Morgan fingerprint density at radius 1 is 1.19 bits per heavy atom. The van der Waals surface area contributed by atoms with Crippen LogP contribution >= 0.6 is 0 Å². The molecule has 1 N–H and O–H groups in total. The van der Waals surface area contributed by atoms with E-state index in [0.29, 0.717) is 6.04 Å². The molecular formula is C22H28N4O. The minimum Gasteiger partial charge on any atom is -0.356 e. The first-order chi connectivity index (χ1) is 13.2. The van der Waals surface area contributed by atoms with E-state index in [1.54, 1.807) is 6.33 Å². The Labute approximate surface area is 161 Å². The van der Waals surface area contributed by atoms with Crippen LogP contribution in [0, 0.1) is 5.41 Å². The highest BCUT2D eigenvalue weighted by Gasteiger charge is 2.59. The Balaban J connectivity index is 1.62. The van der Waals surface area contributed by atoms with Crippen molar-refractivity contribution in [3.8, 4) is 0 Å². The van der Waals surface area contributed by atoms with Gasteiger partial charge in [0.25, 0.3) is 0 Å². The number of hydrogen-bond acceptors (Lipinski definition) is 4. The topological polar surface area (TPSA) is 58.1 Å². The molecule has 1 aromatic heterocycles. The second-order valence-electron chi connectivity index (χ2n) is 7.94. The number of benzene rings is 1. The molecule has 27 heavy (non-hydrogen) atoms. The molecule has 142 valence electrons. The minimum atomic E-state index is -0.338. The number of hydrogen-bond donors (Lipinski definition) is 1. The van der Waals surface area contributed by atoms with Crippen molar-refractivity contribution in [2.45, 2.75) is 57.7 Å². The summed E-state index contributed by atoms with van der Waals surface area (Å²) >= 11 is 0. The number of fused-ring (bicyclic) bond motifs is 2. The predicted molar refractivity (Wildman–Crippen MR) is 105 cm³/mol. The molecule has 0 unspecified atom stereocenters. The zero-order chi connectivity index (χ0) is 18.7. The lowest BCUT2D eigenvalue weighted by Gasteiger charge is -2.36. The van der Waals surface area contributed by atoms with Gasteiger partial charge in [0.05, 0.1) is 5.41 Å². The maximum absolute atomic E-state index is 13.4. The largest absolute Gasteiger partial charge is 0.356 e. The highest BCUT2D eigenvalue weighted by molar-refractivity contribution is 5.84. The van der Waals surface area contributed by atoms with Gasteiger partial charge < -0.3 is 5.32 Å². The van der Waals surface area contributed by atoms with E-state index in [1.807, 2.05) is 18.5 Å². The highest BCUT2D eigenvalue weighted by Crippen LogP contribution is 2.52. The van der Waals surface area contributed by atoms with E-state index in [0.717, 1.165) is 44.3 Å². The van der Waals surface area contributed by atoms with Crippen LogP contribution in [-0.2, 0) is 17.8 Å². The zero-order valence-corrected chi connectivity index (χ0v) is 16.0. The normalized spacial score (nSPS) is 27.0. The van der Waals surface area contributed by atoms with E-state index in [9.17, 15) is 4.79 Å². The molecule has 5 heteroatoms. The van der Waals surface area contributed by atoms with Crippen LogP contribution in [0.2, 0.25) is 0 Å². The van der Waals surface area contributed by atoms with Crippen molar-refractivity contribution < 1.29 is 4.79 Å². The molecule has 2 fully saturated rings. The number of aromatic nitrogens is 2. The van der Waals surface area contributed by atoms with Gasteiger partial charge in [0.15, 0.2) is 0 Å². The number of rotatable bonds is 7. The summed E-state index contributed by atoms with van der Waals surface area (Å²) in [6, 6.07) is 11.2. The molecule has 5 nitrogen and oxygen atoms in total. The van der Waals surface area contributed by atoms with Crippen molar-refractivity contribution in [1.82, 2.24) is 20.2 Å². The van der Waals surface area contributed by atoms with Crippen molar-refractivity contribution in [3.05, 3.63) is 60.2 Å². The molecule has 2 aliphatic heterocycles. The fourth-order valence-electron chi connectivity index (χ4n) is 5.06. The first-order valence-electron chi connectivity index (χ1n) is 10.0. The Morgan fingerprint density at radius 2 is 1.96 bits per heavy atom. The molecule has 0 saturated carbocycles. The first-order valence-corrected chi connectivity index (χ1v) is 10.0.